The number of hydrogen-bond donors (Lipinski definition) is 1. The predicted octanol–water partition coefficient (Wildman–Crippen LogP) is 3.15. The van der Waals surface area contributed by atoms with Gasteiger partial charge in [-0.3, -0.25) is 9.48 Å². The summed E-state index contributed by atoms with van der Waals surface area (Å²) in [5.74, 6) is -0.857. The molecule has 3 rings (SSSR count). The highest BCUT2D eigenvalue weighted by molar-refractivity contribution is 7.98. The third-order valence-corrected chi connectivity index (χ3v) is 6.23. The molecular formula is C16H19N3O3S2. The van der Waals surface area contributed by atoms with Crippen LogP contribution in [-0.2, 0) is 0 Å². The van der Waals surface area contributed by atoms with Crippen molar-refractivity contribution in [3.8, 4) is 0 Å². The van der Waals surface area contributed by atoms with E-state index in [1.165, 1.54) is 17.5 Å². The molecule has 1 saturated heterocycles. The average Bonchev–Trinajstić information content (AvgIpc) is 3.20. The highest BCUT2D eigenvalue weighted by Crippen LogP contribution is 2.30. The summed E-state index contributed by atoms with van der Waals surface area (Å²) in [4.78, 5) is 27.5. The lowest BCUT2D eigenvalue weighted by Crippen LogP contribution is -2.39. The normalized spacial score (nSPS) is 15.7. The Balaban J connectivity index is 1.68. The molecule has 0 spiro atoms. The Hall–Kier alpha value is -1.80. The van der Waals surface area contributed by atoms with Gasteiger partial charge in [0.25, 0.3) is 5.91 Å². The summed E-state index contributed by atoms with van der Waals surface area (Å²) >= 11 is 3.08. The number of rotatable bonds is 4. The van der Waals surface area contributed by atoms with E-state index >= 15 is 0 Å². The third-order valence-electron chi connectivity index (χ3n) is 4.42. The minimum Gasteiger partial charge on any atom is -0.478 e. The Kier molecular flexibility index (Phi) is 4.96. The van der Waals surface area contributed by atoms with Crippen molar-refractivity contribution in [1.29, 1.82) is 0 Å². The number of carboxylic acids is 1. The molecule has 6 nitrogen and oxygen atoms in total. The fourth-order valence-electron chi connectivity index (χ4n) is 3.07. The zero-order chi connectivity index (χ0) is 17.3. The fourth-order valence-corrected chi connectivity index (χ4v) is 4.78. The second-order valence-corrected chi connectivity index (χ2v) is 7.50. The first kappa shape index (κ1) is 17.0. The molecule has 0 aliphatic carbocycles. The van der Waals surface area contributed by atoms with E-state index in [0.29, 0.717) is 18.8 Å². The molecule has 2 aromatic heterocycles. The molecule has 0 unspecified atom stereocenters. The number of likely N-dealkylation sites (tertiary alicyclic amines) is 1. The van der Waals surface area contributed by atoms with Crippen LogP contribution in [0, 0.1) is 6.92 Å². The lowest BCUT2D eigenvalue weighted by Gasteiger charge is -2.32. The van der Waals surface area contributed by atoms with Gasteiger partial charge in [-0.15, -0.1) is 23.1 Å². The number of carboxylic acid groups (broad SMARTS) is 1. The van der Waals surface area contributed by atoms with Gasteiger partial charge in [-0.05, 0) is 37.5 Å². The number of carbonyl (C=O) groups is 2. The van der Waals surface area contributed by atoms with Crippen molar-refractivity contribution in [2.24, 2.45) is 0 Å². The van der Waals surface area contributed by atoms with Gasteiger partial charge in [0.1, 0.15) is 10.4 Å². The zero-order valence-corrected chi connectivity index (χ0v) is 15.2. The highest BCUT2D eigenvalue weighted by Gasteiger charge is 2.28. The van der Waals surface area contributed by atoms with Crippen LogP contribution < -0.4 is 0 Å². The second-order valence-electron chi connectivity index (χ2n) is 5.73. The first-order valence-corrected chi connectivity index (χ1v) is 9.81. The van der Waals surface area contributed by atoms with E-state index in [9.17, 15) is 9.59 Å². The quantitative estimate of drug-likeness (QED) is 0.843. The molecular weight excluding hydrogens is 346 g/mol. The molecule has 0 atom stereocenters. The van der Waals surface area contributed by atoms with Crippen LogP contribution in [0.1, 0.15) is 44.6 Å². The first-order valence-electron chi connectivity index (χ1n) is 7.71. The van der Waals surface area contributed by atoms with E-state index in [1.54, 1.807) is 23.4 Å². The topological polar surface area (TPSA) is 75.4 Å². The predicted molar refractivity (Wildman–Crippen MR) is 94.2 cm³/mol. The second kappa shape index (κ2) is 6.98. The number of amides is 1. The zero-order valence-electron chi connectivity index (χ0n) is 13.6. The van der Waals surface area contributed by atoms with Gasteiger partial charge in [-0.2, -0.15) is 5.10 Å². The maximum Gasteiger partial charge on any atom is 0.339 e. The van der Waals surface area contributed by atoms with Crippen LogP contribution in [0.25, 0.3) is 0 Å². The average molecular weight is 365 g/mol. The van der Waals surface area contributed by atoms with Crippen LogP contribution >= 0.6 is 23.1 Å². The highest BCUT2D eigenvalue weighted by atomic mass is 32.2. The van der Waals surface area contributed by atoms with Crippen molar-refractivity contribution in [2.75, 3.05) is 19.3 Å². The van der Waals surface area contributed by atoms with E-state index in [1.807, 2.05) is 22.6 Å². The maximum absolute atomic E-state index is 12.7. The molecule has 1 amide bonds. The smallest absolute Gasteiger partial charge is 0.339 e. The summed E-state index contributed by atoms with van der Waals surface area (Å²) in [5, 5.41) is 15.3. The Bertz CT molecular complexity index is 760. The summed E-state index contributed by atoms with van der Waals surface area (Å²) in [6.45, 7) is 3.11. The SMILES string of the molecule is CSc1ccsc1C(=O)N1CCC(n2ncc(C(=O)O)c2C)CC1. The number of hydrogen-bond acceptors (Lipinski definition) is 5. The lowest BCUT2D eigenvalue weighted by atomic mass is 10.0. The van der Waals surface area contributed by atoms with Gasteiger partial charge in [0.15, 0.2) is 0 Å². The van der Waals surface area contributed by atoms with Crippen LogP contribution in [0.5, 0.6) is 0 Å². The number of thiophene rings is 1. The number of aromatic carboxylic acids is 1. The molecule has 0 radical (unpaired) electrons. The van der Waals surface area contributed by atoms with Crippen LogP contribution in [-0.4, -0.2) is 51.0 Å². The summed E-state index contributed by atoms with van der Waals surface area (Å²) in [6.07, 6.45) is 4.96. The molecule has 0 bridgehead atoms. The molecule has 1 aliphatic heterocycles. The number of aromatic nitrogens is 2. The molecule has 0 saturated carbocycles. The van der Waals surface area contributed by atoms with Crippen molar-refractivity contribution >= 4 is 35.0 Å². The molecule has 1 aliphatic rings. The van der Waals surface area contributed by atoms with E-state index in [-0.39, 0.29) is 17.5 Å². The van der Waals surface area contributed by atoms with Gasteiger partial charge in [0, 0.05) is 18.0 Å². The van der Waals surface area contributed by atoms with Gasteiger partial charge in [-0.25, -0.2) is 4.79 Å². The standard InChI is InChI=1S/C16H19N3O3S2/c1-10-12(16(21)22)9-17-19(10)11-3-6-18(7-4-11)15(20)14-13(23-2)5-8-24-14/h5,8-9,11H,3-4,6-7H2,1-2H3,(H,21,22). The minimum atomic E-state index is -0.950. The molecule has 8 heteroatoms. The molecule has 1 fully saturated rings. The van der Waals surface area contributed by atoms with Gasteiger partial charge < -0.3 is 10.0 Å². The molecule has 1 N–H and O–H groups in total. The van der Waals surface area contributed by atoms with Gasteiger partial charge in [0.05, 0.1) is 17.9 Å². The van der Waals surface area contributed by atoms with Gasteiger partial charge >= 0.3 is 5.97 Å². The molecule has 0 aromatic carbocycles. The number of piperidine rings is 1. The Labute approximate surface area is 148 Å². The number of nitrogens with zero attached hydrogens (tertiary/aromatic N) is 3. The summed E-state index contributed by atoms with van der Waals surface area (Å²) in [6, 6.07) is 2.13. The molecule has 128 valence electrons. The van der Waals surface area contributed by atoms with Crippen LogP contribution in [0.3, 0.4) is 0 Å². The fraction of sp³-hybridized carbons (Fsp3) is 0.438. The van der Waals surface area contributed by atoms with E-state index in [2.05, 4.69) is 5.10 Å². The monoisotopic (exact) mass is 365 g/mol. The van der Waals surface area contributed by atoms with E-state index in [4.69, 9.17) is 5.11 Å². The van der Waals surface area contributed by atoms with Crippen LogP contribution in [0.4, 0.5) is 0 Å². The van der Waals surface area contributed by atoms with E-state index in [0.717, 1.165) is 22.6 Å². The van der Waals surface area contributed by atoms with Gasteiger partial charge in [-0.1, -0.05) is 0 Å². The summed E-state index contributed by atoms with van der Waals surface area (Å²) < 4.78 is 1.80. The Morgan fingerprint density at radius 2 is 2.08 bits per heavy atom. The molecule has 24 heavy (non-hydrogen) atoms. The number of carbonyl (C=O) groups excluding carboxylic acids is 1. The molecule has 3 heterocycles. The van der Waals surface area contributed by atoms with Crippen molar-refractivity contribution in [1.82, 2.24) is 14.7 Å². The van der Waals surface area contributed by atoms with Crippen molar-refractivity contribution < 1.29 is 14.7 Å². The van der Waals surface area contributed by atoms with Crippen molar-refractivity contribution in [3.63, 3.8) is 0 Å². The largest absolute Gasteiger partial charge is 0.478 e. The van der Waals surface area contributed by atoms with Crippen LogP contribution in [0.2, 0.25) is 0 Å². The Morgan fingerprint density at radius 1 is 1.38 bits per heavy atom. The van der Waals surface area contributed by atoms with Crippen molar-refractivity contribution in [2.45, 2.75) is 30.7 Å². The Morgan fingerprint density at radius 3 is 2.67 bits per heavy atom. The number of thioether (sulfide) groups is 1. The summed E-state index contributed by atoms with van der Waals surface area (Å²) in [5.41, 5.74) is 0.923. The van der Waals surface area contributed by atoms with Crippen LogP contribution in [0.15, 0.2) is 22.5 Å². The summed E-state index contributed by atoms with van der Waals surface area (Å²) in [7, 11) is 0. The lowest BCUT2D eigenvalue weighted by molar-refractivity contribution is 0.0689. The minimum absolute atomic E-state index is 0.0937. The first-order chi connectivity index (χ1) is 11.5. The van der Waals surface area contributed by atoms with Crippen molar-refractivity contribution in [3.05, 3.63) is 33.8 Å². The van der Waals surface area contributed by atoms with E-state index < -0.39 is 5.97 Å². The van der Waals surface area contributed by atoms with Gasteiger partial charge in [0.2, 0.25) is 0 Å². The maximum atomic E-state index is 12.7. The third kappa shape index (κ3) is 3.08. The molecule has 2 aromatic rings.